The third-order valence-corrected chi connectivity index (χ3v) is 4.41. The molecule has 6 heteroatoms. The van der Waals surface area contributed by atoms with Gasteiger partial charge in [-0.25, -0.2) is 9.37 Å². The van der Waals surface area contributed by atoms with E-state index in [1.165, 1.54) is 6.07 Å². The SMILES string of the molecule is Cn1nc(-c2c(F)cccc2Cl)nc1C(C)(C)c1ccc(O)cc1. The van der Waals surface area contributed by atoms with E-state index in [1.54, 1.807) is 36.0 Å². The largest absolute Gasteiger partial charge is 0.508 e. The van der Waals surface area contributed by atoms with Crippen LogP contribution in [0.5, 0.6) is 5.75 Å². The molecule has 124 valence electrons. The Balaban J connectivity index is 2.10. The lowest BCUT2D eigenvalue weighted by molar-refractivity contribution is 0.473. The number of halogens is 2. The first-order chi connectivity index (χ1) is 11.3. The fourth-order valence-electron chi connectivity index (χ4n) is 2.75. The first-order valence-corrected chi connectivity index (χ1v) is 7.84. The number of phenolic OH excluding ortho intramolecular Hbond substituents is 1. The lowest BCUT2D eigenvalue weighted by atomic mass is 9.83. The van der Waals surface area contributed by atoms with E-state index in [2.05, 4.69) is 10.1 Å². The van der Waals surface area contributed by atoms with Crippen LogP contribution in [0.4, 0.5) is 4.39 Å². The molecule has 3 aromatic rings. The first kappa shape index (κ1) is 16.5. The summed E-state index contributed by atoms with van der Waals surface area (Å²) in [5.41, 5.74) is 0.676. The van der Waals surface area contributed by atoms with E-state index >= 15 is 0 Å². The standard InChI is InChI=1S/C18H17ClFN3O/c1-18(2,11-7-9-12(24)10-8-11)17-21-16(22-23(17)3)15-13(19)5-4-6-14(15)20/h4-10,24H,1-3H3. The van der Waals surface area contributed by atoms with Crippen molar-refractivity contribution in [3.63, 3.8) is 0 Å². The molecule has 0 aliphatic rings. The third-order valence-electron chi connectivity index (χ3n) is 4.10. The Morgan fingerprint density at radius 3 is 2.42 bits per heavy atom. The highest BCUT2D eigenvalue weighted by Gasteiger charge is 2.30. The molecule has 0 aliphatic heterocycles. The van der Waals surface area contributed by atoms with Crippen molar-refractivity contribution < 1.29 is 9.50 Å². The van der Waals surface area contributed by atoms with Crippen LogP contribution >= 0.6 is 11.6 Å². The van der Waals surface area contributed by atoms with Crippen molar-refractivity contribution in [2.24, 2.45) is 7.05 Å². The molecular weight excluding hydrogens is 329 g/mol. The number of aromatic hydroxyl groups is 1. The molecule has 0 spiro atoms. The number of aryl methyl sites for hydroxylation is 1. The van der Waals surface area contributed by atoms with E-state index in [0.717, 1.165) is 5.56 Å². The highest BCUT2D eigenvalue weighted by molar-refractivity contribution is 6.33. The van der Waals surface area contributed by atoms with E-state index in [9.17, 15) is 9.50 Å². The number of rotatable bonds is 3. The van der Waals surface area contributed by atoms with E-state index in [-0.39, 0.29) is 22.2 Å². The molecule has 4 nitrogen and oxygen atoms in total. The summed E-state index contributed by atoms with van der Waals surface area (Å²) in [6.45, 7) is 3.99. The zero-order valence-electron chi connectivity index (χ0n) is 13.6. The molecule has 0 saturated heterocycles. The third kappa shape index (κ3) is 2.76. The van der Waals surface area contributed by atoms with Crippen molar-refractivity contribution in [2.45, 2.75) is 19.3 Å². The van der Waals surface area contributed by atoms with Crippen LogP contribution in [0.15, 0.2) is 42.5 Å². The normalized spacial score (nSPS) is 11.7. The Kier molecular flexibility index (Phi) is 4.05. The van der Waals surface area contributed by atoms with Crippen molar-refractivity contribution in [2.75, 3.05) is 0 Å². The fourth-order valence-corrected chi connectivity index (χ4v) is 3.00. The Morgan fingerprint density at radius 2 is 1.79 bits per heavy atom. The van der Waals surface area contributed by atoms with Gasteiger partial charge in [-0.2, -0.15) is 5.10 Å². The molecule has 0 saturated carbocycles. The summed E-state index contributed by atoms with van der Waals surface area (Å²) in [6, 6.07) is 11.4. The molecular formula is C18H17ClFN3O. The van der Waals surface area contributed by atoms with Gasteiger partial charge < -0.3 is 5.11 Å². The minimum Gasteiger partial charge on any atom is -0.508 e. The average molecular weight is 346 g/mol. The van der Waals surface area contributed by atoms with Gasteiger partial charge in [-0.3, -0.25) is 4.68 Å². The molecule has 2 aromatic carbocycles. The number of phenols is 1. The van der Waals surface area contributed by atoms with Gasteiger partial charge in [0, 0.05) is 12.5 Å². The van der Waals surface area contributed by atoms with Crippen LogP contribution in [0.2, 0.25) is 5.02 Å². The fraction of sp³-hybridized carbons (Fsp3) is 0.222. The second kappa shape index (κ2) is 5.91. The van der Waals surface area contributed by atoms with E-state index in [4.69, 9.17) is 11.6 Å². The number of nitrogens with zero attached hydrogens (tertiary/aromatic N) is 3. The van der Waals surface area contributed by atoms with Crippen molar-refractivity contribution in [1.82, 2.24) is 14.8 Å². The summed E-state index contributed by atoms with van der Waals surface area (Å²) >= 11 is 6.12. The average Bonchev–Trinajstić information content (AvgIpc) is 2.90. The first-order valence-electron chi connectivity index (χ1n) is 7.46. The number of hydrogen-bond donors (Lipinski definition) is 1. The van der Waals surface area contributed by atoms with Gasteiger partial charge in [0.1, 0.15) is 17.4 Å². The minimum absolute atomic E-state index is 0.197. The summed E-state index contributed by atoms with van der Waals surface area (Å²) < 4.78 is 15.8. The predicted octanol–water partition coefficient (Wildman–Crippen LogP) is 4.31. The van der Waals surface area contributed by atoms with Gasteiger partial charge in [0.25, 0.3) is 0 Å². The minimum atomic E-state index is -0.481. The molecule has 0 bridgehead atoms. The Labute approximate surface area is 144 Å². The second-order valence-electron chi connectivity index (χ2n) is 6.15. The van der Waals surface area contributed by atoms with Gasteiger partial charge in [0.2, 0.25) is 0 Å². The number of hydrogen-bond acceptors (Lipinski definition) is 3. The van der Waals surface area contributed by atoms with Crippen molar-refractivity contribution in [3.8, 4) is 17.1 Å². The maximum absolute atomic E-state index is 14.1. The van der Waals surface area contributed by atoms with Crippen LogP contribution in [0, 0.1) is 5.82 Å². The Morgan fingerprint density at radius 1 is 1.12 bits per heavy atom. The summed E-state index contributed by atoms with van der Waals surface area (Å²) in [6.07, 6.45) is 0. The summed E-state index contributed by atoms with van der Waals surface area (Å²) in [5.74, 6) is 0.665. The van der Waals surface area contributed by atoms with Crippen molar-refractivity contribution in [1.29, 1.82) is 0 Å². The summed E-state index contributed by atoms with van der Waals surface area (Å²) in [7, 11) is 1.77. The molecule has 0 amide bonds. The topological polar surface area (TPSA) is 50.9 Å². The van der Waals surface area contributed by atoms with Gasteiger partial charge in [0.15, 0.2) is 5.82 Å². The summed E-state index contributed by atoms with van der Waals surface area (Å²) in [4.78, 5) is 4.54. The lowest BCUT2D eigenvalue weighted by Gasteiger charge is -2.24. The van der Waals surface area contributed by atoms with E-state index < -0.39 is 11.2 Å². The molecule has 1 heterocycles. The van der Waals surface area contributed by atoms with Crippen LogP contribution in [0.3, 0.4) is 0 Å². The predicted molar refractivity (Wildman–Crippen MR) is 91.6 cm³/mol. The van der Waals surface area contributed by atoms with Crippen molar-refractivity contribution in [3.05, 3.63) is 64.7 Å². The van der Waals surface area contributed by atoms with Crippen LogP contribution in [0.1, 0.15) is 25.2 Å². The van der Waals surface area contributed by atoms with Gasteiger partial charge in [0.05, 0.1) is 10.6 Å². The van der Waals surface area contributed by atoms with Gasteiger partial charge in [-0.1, -0.05) is 29.8 Å². The summed E-state index contributed by atoms with van der Waals surface area (Å²) in [5, 5.41) is 14.1. The van der Waals surface area contributed by atoms with E-state index in [0.29, 0.717) is 5.82 Å². The molecule has 1 aromatic heterocycles. The zero-order valence-corrected chi connectivity index (χ0v) is 14.3. The molecule has 0 fully saturated rings. The Hall–Kier alpha value is -2.40. The molecule has 1 N–H and O–H groups in total. The van der Waals surface area contributed by atoms with E-state index in [1.807, 2.05) is 26.0 Å². The van der Waals surface area contributed by atoms with Crippen LogP contribution in [-0.2, 0) is 12.5 Å². The molecule has 24 heavy (non-hydrogen) atoms. The molecule has 0 radical (unpaired) electrons. The number of benzene rings is 2. The molecule has 3 rings (SSSR count). The quantitative estimate of drug-likeness (QED) is 0.769. The monoisotopic (exact) mass is 345 g/mol. The zero-order chi connectivity index (χ0) is 17.5. The smallest absolute Gasteiger partial charge is 0.185 e. The van der Waals surface area contributed by atoms with Crippen LogP contribution < -0.4 is 0 Å². The number of aromatic nitrogens is 3. The highest BCUT2D eigenvalue weighted by atomic mass is 35.5. The second-order valence-corrected chi connectivity index (χ2v) is 6.56. The van der Waals surface area contributed by atoms with Crippen molar-refractivity contribution >= 4 is 11.6 Å². The highest BCUT2D eigenvalue weighted by Crippen LogP contribution is 2.34. The van der Waals surface area contributed by atoms with Crippen LogP contribution in [0.25, 0.3) is 11.4 Å². The van der Waals surface area contributed by atoms with Crippen LogP contribution in [-0.4, -0.2) is 19.9 Å². The maximum atomic E-state index is 14.1. The van der Waals surface area contributed by atoms with Gasteiger partial charge >= 0.3 is 0 Å². The van der Waals surface area contributed by atoms with Gasteiger partial charge in [-0.15, -0.1) is 0 Å². The van der Waals surface area contributed by atoms with Gasteiger partial charge in [-0.05, 0) is 43.7 Å². The molecule has 0 aliphatic carbocycles. The molecule has 0 atom stereocenters. The molecule has 0 unspecified atom stereocenters. The lowest BCUT2D eigenvalue weighted by Crippen LogP contribution is -2.23. The Bertz CT molecular complexity index is 868. The maximum Gasteiger partial charge on any atom is 0.185 e.